The van der Waals surface area contributed by atoms with E-state index in [4.69, 9.17) is 16.0 Å². The van der Waals surface area contributed by atoms with Gasteiger partial charge in [0.15, 0.2) is 5.76 Å². The number of Topliss-reactive ketones (excluding diaryl/α,β-unsaturated/α-hetero) is 1. The van der Waals surface area contributed by atoms with Crippen LogP contribution in [0.3, 0.4) is 0 Å². The average Bonchev–Trinajstić information content (AvgIpc) is 2.76. The standard InChI is InChI=1S/C12H8ClFO2/c13-9-3-1-4-10(14)8(9)7-11(15)12-5-2-6-16-12/h1-6H,7H2. The Labute approximate surface area is 96.6 Å². The minimum Gasteiger partial charge on any atom is -0.461 e. The van der Waals surface area contributed by atoms with E-state index >= 15 is 0 Å². The highest BCUT2D eigenvalue weighted by atomic mass is 35.5. The molecule has 0 aliphatic rings. The topological polar surface area (TPSA) is 30.2 Å². The summed E-state index contributed by atoms with van der Waals surface area (Å²) in [5.74, 6) is -0.566. The molecule has 0 saturated heterocycles. The molecule has 0 spiro atoms. The highest BCUT2D eigenvalue weighted by molar-refractivity contribution is 6.31. The number of rotatable bonds is 3. The number of furan rings is 1. The van der Waals surface area contributed by atoms with Gasteiger partial charge < -0.3 is 4.42 Å². The van der Waals surface area contributed by atoms with Gasteiger partial charge >= 0.3 is 0 Å². The van der Waals surface area contributed by atoms with Crippen LogP contribution in [0.5, 0.6) is 0 Å². The van der Waals surface area contributed by atoms with Gasteiger partial charge in [-0.25, -0.2) is 4.39 Å². The second-order valence-corrected chi connectivity index (χ2v) is 3.68. The van der Waals surface area contributed by atoms with Gasteiger partial charge in [-0.3, -0.25) is 4.79 Å². The van der Waals surface area contributed by atoms with Gasteiger partial charge in [0.05, 0.1) is 6.26 Å². The van der Waals surface area contributed by atoms with Crippen LogP contribution in [-0.4, -0.2) is 5.78 Å². The molecule has 16 heavy (non-hydrogen) atoms. The minimum atomic E-state index is -0.479. The number of halogens is 2. The smallest absolute Gasteiger partial charge is 0.202 e. The van der Waals surface area contributed by atoms with Crippen LogP contribution in [0.15, 0.2) is 41.0 Å². The lowest BCUT2D eigenvalue weighted by molar-refractivity contribution is 0.0965. The van der Waals surface area contributed by atoms with Crippen LogP contribution in [0.2, 0.25) is 5.02 Å². The molecule has 2 rings (SSSR count). The number of hydrogen-bond donors (Lipinski definition) is 0. The number of carbonyl (C=O) groups excluding carboxylic acids is 1. The molecule has 1 heterocycles. The second kappa shape index (κ2) is 4.49. The Kier molecular flexibility index (Phi) is 3.06. The number of benzene rings is 1. The fourth-order valence-corrected chi connectivity index (χ4v) is 1.62. The molecule has 4 heteroatoms. The lowest BCUT2D eigenvalue weighted by Gasteiger charge is -2.03. The van der Waals surface area contributed by atoms with E-state index in [2.05, 4.69) is 0 Å². The monoisotopic (exact) mass is 238 g/mol. The van der Waals surface area contributed by atoms with Gasteiger partial charge in [0, 0.05) is 17.0 Å². The zero-order chi connectivity index (χ0) is 11.5. The van der Waals surface area contributed by atoms with Crippen LogP contribution >= 0.6 is 11.6 Å². The first-order chi connectivity index (χ1) is 7.68. The van der Waals surface area contributed by atoms with E-state index in [9.17, 15) is 9.18 Å². The Morgan fingerprint density at radius 1 is 1.31 bits per heavy atom. The quantitative estimate of drug-likeness (QED) is 0.766. The van der Waals surface area contributed by atoms with E-state index < -0.39 is 5.82 Å². The summed E-state index contributed by atoms with van der Waals surface area (Å²) in [5.41, 5.74) is 0.200. The van der Waals surface area contributed by atoms with Gasteiger partial charge in [0.1, 0.15) is 5.82 Å². The molecule has 1 aromatic heterocycles. The third kappa shape index (κ3) is 2.14. The Bertz CT molecular complexity index is 485. The van der Waals surface area contributed by atoms with Gasteiger partial charge in [0.25, 0.3) is 0 Å². The summed E-state index contributed by atoms with van der Waals surface area (Å²) >= 11 is 5.81. The normalized spacial score (nSPS) is 10.4. The third-order valence-electron chi connectivity index (χ3n) is 2.20. The molecule has 82 valence electrons. The summed E-state index contributed by atoms with van der Waals surface area (Å²) in [6.07, 6.45) is 1.30. The van der Waals surface area contributed by atoms with Crippen molar-refractivity contribution in [3.05, 3.63) is 58.8 Å². The first kappa shape index (κ1) is 10.9. The van der Waals surface area contributed by atoms with Gasteiger partial charge in [0.2, 0.25) is 5.78 Å². The molecule has 0 bridgehead atoms. The van der Waals surface area contributed by atoms with Gasteiger partial charge in [-0.15, -0.1) is 0 Å². The zero-order valence-electron chi connectivity index (χ0n) is 8.24. The highest BCUT2D eigenvalue weighted by Gasteiger charge is 2.14. The number of carbonyl (C=O) groups is 1. The second-order valence-electron chi connectivity index (χ2n) is 3.28. The van der Waals surface area contributed by atoms with Crippen molar-refractivity contribution in [1.82, 2.24) is 0 Å². The summed E-state index contributed by atoms with van der Waals surface area (Å²) < 4.78 is 18.3. The van der Waals surface area contributed by atoms with E-state index in [0.717, 1.165) is 0 Å². The van der Waals surface area contributed by atoms with E-state index in [-0.39, 0.29) is 28.6 Å². The maximum atomic E-state index is 13.4. The summed E-state index contributed by atoms with van der Waals surface area (Å²) in [4.78, 5) is 11.7. The maximum Gasteiger partial charge on any atom is 0.202 e. The van der Waals surface area contributed by atoms with Crippen molar-refractivity contribution in [3.63, 3.8) is 0 Å². The Hall–Kier alpha value is -1.61. The van der Waals surface area contributed by atoms with Crippen molar-refractivity contribution in [2.24, 2.45) is 0 Å². The molecule has 2 nitrogen and oxygen atoms in total. The predicted molar refractivity (Wildman–Crippen MR) is 58.2 cm³/mol. The van der Waals surface area contributed by atoms with Crippen LogP contribution in [0, 0.1) is 5.82 Å². The molecule has 0 aliphatic carbocycles. The number of hydrogen-bond acceptors (Lipinski definition) is 2. The predicted octanol–water partition coefficient (Wildman–Crippen LogP) is 3.50. The largest absolute Gasteiger partial charge is 0.461 e. The van der Waals surface area contributed by atoms with Gasteiger partial charge in [-0.1, -0.05) is 17.7 Å². The van der Waals surface area contributed by atoms with E-state index in [0.29, 0.717) is 0 Å². The van der Waals surface area contributed by atoms with Crippen molar-refractivity contribution in [2.75, 3.05) is 0 Å². The molecule has 0 atom stereocenters. The van der Waals surface area contributed by atoms with Crippen molar-refractivity contribution in [1.29, 1.82) is 0 Å². The molecule has 0 aliphatic heterocycles. The molecular weight excluding hydrogens is 231 g/mol. The fraction of sp³-hybridized carbons (Fsp3) is 0.0833. The number of ketones is 1. The Balaban J connectivity index is 2.25. The van der Waals surface area contributed by atoms with Crippen LogP contribution in [0.1, 0.15) is 16.1 Å². The summed E-state index contributed by atoms with van der Waals surface area (Å²) in [5, 5.41) is 0.250. The molecule has 0 N–H and O–H groups in total. The highest BCUT2D eigenvalue weighted by Crippen LogP contribution is 2.20. The van der Waals surface area contributed by atoms with Crippen molar-refractivity contribution in [2.45, 2.75) is 6.42 Å². The first-order valence-corrected chi connectivity index (χ1v) is 5.06. The van der Waals surface area contributed by atoms with Crippen LogP contribution < -0.4 is 0 Å². The molecule has 0 unspecified atom stereocenters. The fourth-order valence-electron chi connectivity index (χ4n) is 1.39. The van der Waals surface area contributed by atoms with Crippen LogP contribution in [-0.2, 0) is 6.42 Å². The molecule has 0 fully saturated rings. The molecule has 0 amide bonds. The lowest BCUT2D eigenvalue weighted by atomic mass is 10.1. The Morgan fingerprint density at radius 2 is 2.12 bits per heavy atom. The zero-order valence-corrected chi connectivity index (χ0v) is 9.00. The van der Waals surface area contributed by atoms with Crippen molar-refractivity contribution >= 4 is 17.4 Å². The van der Waals surface area contributed by atoms with E-state index in [1.54, 1.807) is 12.1 Å². The van der Waals surface area contributed by atoms with Crippen LogP contribution in [0.25, 0.3) is 0 Å². The molecule has 1 aromatic carbocycles. The molecule has 2 aromatic rings. The molecular formula is C12H8ClFO2. The van der Waals surface area contributed by atoms with E-state index in [1.807, 2.05) is 0 Å². The summed E-state index contributed by atoms with van der Waals surface area (Å²) in [6.45, 7) is 0. The summed E-state index contributed by atoms with van der Waals surface area (Å²) in [6, 6.07) is 7.47. The third-order valence-corrected chi connectivity index (χ3v) is 2.55. The van der Waals surface area contributed by atoms with E-state index in [1.165, 1.54) is 24.5 Å². The SMILES string of the molecule is O=C(Cc1c(F)cccc1Cl)c1ccco1. The van der Waals surface area contributed by atoms with Gasteiger partial charge in [-0.2, -0.15) is 0 Å². The van der Waals surface area contributed by atoms with Gasteiger partial charge in [-0.05, 0) is 24.3 Å². The van der Waals surface area contributed by atoms with Crippen molar-refractivity contribution < 1.29 is 13.6 Å². The van der Waals surface area contributed by atoms with Crippen LogP contribution in [0.4, 0.5) is 4.39 Å². The molecule has 0 saturated carbocycles. The Morgan fingerprint density at radius 3 is 2.75 bits per heavy atom. The first-order valence-electron chi connectivity index (χ1n) is 4.68. The average molecular weight is 239 g/mol. The molecule has 0 radical (unpaired) electrons. The maximum absolute atomic E-state index is 13.4. The van der Waals surface area contributed by atoms with Crippen molar-refractivity contribution in [3.8, 4) is 0 Å². The minimum absolute atomic E-state index is 0.0982. The summed E-state index contributed by atoms with van der Waals surface area (Å²) in [7, 11) is 0. The lowest BCUT2D eigenvalue weighted by Crippen LogP contribution is -2.04.